The van der Waals surface area contributed by atoms with Gasteiger partial charge in [-0.25, -0.2) is 8.42 Å². The van der Waals surface area contributed by atoms with Gasteiger partial charge in [0.05, 0.1) is 4.90 Å². The summed E-state index contributed by atoms with van der Waals surface area (Å²) in [6.45, 7) is 3.96. The van der Waals surface area contributed by atoms with E-state index in [1.807, 2.05) is 32.0 Å². The number of nitrogens with one attached hydrogen (secondary N) is 1. The van der Waals surface area contributed by atoms with Gasteiger partial charge in [-0.05, 0) is 43.2 Å². The van der Waals surface area contributed by atoms with Crippen molar-refractivity contribution in [2.75, 3.05) is 4.72 Å². The van der Waals surface area contributed by atoms with Gasteiger partial charge in [-0.1, -0.05) is 36.8 Å². The molecule has 0 spiro atoms. The van der Waals surface area contributed by atoms with Gasteiger partial charge in [0.1, 0.15) is 0 Å². The van der Waals surface area contributed by atoms with Crippen molar-refractivity contribution in [2.45, 2.75) is 25.2 Å². The Hall–Kier alpha value is -1.81. The zero-order valence-corrected chi connectivity index (χ0v) is 11.9. The van der Waals surface area contributed by atoms with Crippen molar-refractivity contribution in [3.05, 3.63) is 59.7 Å². The van der Waals surface area contributed by atoms with Crippen LogP contribution in [0.1, 0.15) is 18.1 Å². The van der Waals surface area contributed by atoms with E-state index in [1.54, 1.807) is 30.3 Å². The van der Waals surface area contributed by atoms with Crippen LogP contribution in [0.4, 0.5) is 5.69 Å². The monoisotopic (exact) mass is 275 g/mol. The van der Waals surface area contributed by atoms with Gasteiger partial charge in [0, 0.05) is 5.69 Å². The number of anilines is 1. The highest BCUT2D eigenvalue weighted by molar-refractivity contribution is 7.92. The lowest BCUT2D eigenvalue weighted by atomic mass is 10.1. The van der Waals surface area contributed by atoms with Gasteiger partial charge in [0.2, 0.25) is 0 Å². The van der Waals surface area contributed by atoms with Crippen LogP contribution in [0.25, 0.3) is 0 Å². The molecule has 0 atom stereocenters. The molecule has 0 aliphatic rings. The molecule has 0 amide bonds. The summed E-state index contributed by atoms with van der Waals surface area (Å²) >= 11 is 0. The molecule has 0 aromatic heterocycles. The Balaban J connectivity index is 2.28. The minimum Gasteiger partial charge on any atom is -0.280 e. The molecule has 4 heteroatoms. The number of hydrogen-bond donors (Lipinski definition) is 1. The first-order valence-electron chi connectivity index (χ1n) is 6.19. The molecule has 2 rings (SSSR count). The smallest absolute Gasteiger partial charge is 0.261 e. The predicted molar refractivity (Wildman–Crippen MR) is 77.8 cm³/mol. The van der Waals surface area contributed by atoms with E-state index >= 15 is 0 Å². The molecular weight excluding hydrogens is 258 g/mol. The average Bonchev–Trinajstić information content (AvgIpc) is 2.39. The topological polar surface area (TPSA) is 46.2 Å². The Morgan fingerprint density at radius 2 is 1.74 bits per heavy atom. The van der Waals surface area contributed by atoms with Crippen LogP contribution >= 0.6 is 0 Å². The summed E-state index contributed by atoms with van der Waals surface area (Å²) < 4.78 is 27.0. The molecule has 3 nitrogen and oxygen atoms in total. The minimum atomic E-state index is -3.51. The van der Waals surface area contributed by atoms with E-state index < -0.39 is 10.0 Å². The van der Waals surface area contributed by atoms with Gasteiger partial charge >= 0.3 is 0 Å². The van der Waals surface area contributed by atoms with Crippen molar-refractivity contribution in [1.82, 2.24) is 0 Å². The lowest BCUT2D eigenvalue weighted by Crippen LogP contribution is -2.12. The van der Waals surface area contributed by atoms with Crippen LogP contribution in [0.2, 0.25) is 0 Å². The van der Waals surface area contributed by atoms with Crippen molar-refractivity contribution in [1.29, 1.82) is 0 Å². The molecule has 0 unspecified atom stereocenters. The second-order valence-corrected chi connectivity index (χ2v) is 6.15. The summed E-state index contributed by atoms with van der Waals surface area (Å²) in [6.07, 6.45) is 0.875. The highest BCUT2D eigenvalue weighted by Crippen LogP contribution is 2.17. The number of benzene rings is 2. The molecule has 0 aliphatic heterocycles. The van der Waals surface area contributed by atoms with Crippen molar-refractivity contribution in [3.63, 3.8) is 0 Å². The summed E-state index contributed by atoms with van der Waals surface area (Å²) in [5, 5.41) is 0. The molecule has 100 valence electrons. The number of hydrogen-bond acceptors (Lipinski definition) is 2. The Bertz CT molecular complexity index is 661. The molecule has 0 saturated heterocycles. The maximum absolute atomic E-state index is 12.2. The van der Waals surface area contributed by atoms with E-state index in [4.69, 9.17) is 0 Å². The minimum absolute atomic E-state index is 0.278. The standard InChI is InChI=1S/C15H17NO2S/c1-3-13-5-4-6-14(11-13)16-19(17,18)15-9-7-12(2)8-10-15/h4-11,16H,3H2,1-2H3. The van der Waals surface area contributed by atoms with E-state index in [0.29, 0.717) is 5.69 Å². The highest BCUT2D eigenvalue weighted by Gasteiger charge is 2.13. The molecule has 2 aromatic carbocycles. The fourth-order valence-electron chi connectivity index (χ4n) is 1.79. The van der Waals surface area contributed by atoms with Crippen molar-refractivity contribution in [2.24, 2.45) is 0 Å². The predicted octanol–water partition coefficient (Wildman–Crippen LogP) is 3.36. The van der Waals surface area contributed by atoms with Gasteiger partial charge in [-0.2, -0.15) is 0 Å². The van der Waals surface area contributed by atoms with Crippen LogP contribution in [0.5, 0.6) is 0 Å². The lowest BCUT2D eigenvalue weighted by Gasteiger charge is -2.09. The summed E-state index contributed by atoms with van der Waals surface area (Å²) in [6, 6.07) is 14.2. The van der Waals surface area contributed by atoms with Crippen LogP contribution in [0.15, 0.2) is 53.4 Å². The van der Waals surface area contributed by atoms with E-state index in [0.717, 1.165) is 17.5 Å². The molecule has 0 radical (unpaired) electrons. The van der Waals surface area contributed by atoms with Crippen LogP contribution in [-0.4, -0.2) is 8.42 Å². The second kappa shape index (κ2) is 5.45. The zero-order chi connectivity index (χ0) is 13.9. The quantitative estimate of drug-likeness (QED) is 0.930. The summed E-state index contributed by atoms with van der Waals surface area (Å²) in [7, 11) is -3.51. The molecule has 0 bridgehead atoms. The summed E-state index contributed by atoms with van der Waals surface area (Å²) in [5.74, 6) is 0. The first-order valence-corrected chi connectivity index (χ1v) is 7.68. The Morgan fingerprint density at radius 3 is 2.37 bits per heavy atom. The summed E-state index contributed by atoms with van der Waals surface area (Å²) in [4.78, 5) is 0.278. The van der Waals surface area contributed by atoms with E-state index in [9.17, 15) is 8.42 Å². The SMILES string of the molecule is CCc1cccc(NS(=O)(=O)c2ccc(C)cc2)c1. The average molecular weight is 275 g/mol. The van der Waals surface area contributed by atoms with E-state index in [1.165, 1.54) is 0 Å². The normalized spacial score (nSPS) is 11.3. The Labute approximate surface area is 114 Å². The first kappa shape index (κ1) is 13.6. The Morgan fingerprint density at radius 1 is 1.05 bits per heavy atom. The maximum Gasteiger partial charge on any atom is 0.261 e. The third-order valence-corrected chi connectivity index (χ3v) is 4.32. The van der Waals surface area contributed by atoms with Gasteiger partial charge in [-0.3, -0.25) is 4.72 Å². The molecule has 0 heterocycles. The fourth-order valence-corrected chi connectivity index (χ4v) is 2.84. The molecule has 0 aliphatic carbocycles. The van der Waals surface area contributed by atoms with Crippen LogP contribution < -0.4 is 4.72 Å². The van der Waals surface area contributed by atoms with Crippen LogP contribution in [0, 0.1) is 6.92 Å². The largest absolute Gasteiger partial charge is 0.280 e. The van der Waals surface area contributed by atoms with Crippen molar-refractivity contribution >= 4 is 15.7 Å². The first-order chi connectivity index (χ1) is 9.01. The van der Waals surface area contributed by atoms with Gasteiger partial charge in [-0.15, -0.1) is 0 Å². The number of aryl methyl sites for hydroxylation is 2. The highest BCUT2D eigenvalue weighted by atomic mass is 32.2. The molecule has 0 fully saturated rings. The summed E-state index contributed by atoms with van der Waals surface area (Å²) in [5.41, 5.74) is 2.73. The third-order valence-electron chi connectivity index (χ3n) is 2.92. The maximum atomic E-state index is 12.2. The fraction of sp³-hybridized carbons (Fsp3) is 0.200. The van der Waals surface area contributed by atoms with Gasteiger partial charge < -0.3 is 0 Å². The van der Waals surface area contributed by atoms with Gasteiger partial charge in [0.25, 0.3) is 10.0 Å². The number of sulfonamides is 1. The van der Waals surface area contributed by atoms with Crippen molar-refractivity contribution < 1.29 is 8.42 Å². The lowest BCUT2D eigenvalue weighted by molar-refractivity contribution is 0.601. The molecule has 19 heavy (non-hydrogen) atoms. The molecule has 0 saturated carbocycles. The van der Waals surface area contributed by atoms with Gasteiger partial charge in [0.15, 0.2) is 0 Å². The molecule has 2 aromatic rings. The third kappa shape index (κ3) is 3.35. The zero-order valence-electron chi connectivity index (χ0n) is 11.1. The molecular formula is C15H17NO2S. The van der Waals surface area contributed by atoms with Crippen molar-refractivity contribution in [3.8, 4) is 0 Å². The van der Waals surface area contributed by atoms with Crippen LogP contribution in [0.3, 0.4) is 0 Å². The van der Waals surface area contributed by atoms with E-state index in [2.05, 4.69) is 4.72 Å². The number of rotatable bonds is 4. The second-order valence-electron chi connectivity index (χ2n) is 4.47. The van der Waals surface area contributed by atoms with Crippen LogP contribution in [-0.2, 0) is 16.4 Å². The Kier molecular flexibility index (Phi) is 3.90. The molecule has 1 N–H and O–H groups in total. The van der Waals surface area contributed by atoms with E-state index in [-0.39, 0.29) is 4.90 Å².